The van der Waals surface area contributed by atoms with Gasteiger partial charge in [0.15, 0.2) is 0 Å². The van der Waals surface area contributed by atoms with Gasteiger partial charge < -0.3 is 5.32 Å². The van der Waals surface area contributed by atoms with Gasteiger partial charge in [-0.15, -0.1) is 0 Å². The maximum absolute atomic E-state index is 13.1. The van der Waals surface area contributed by atoms with Crippen molar-refractivity contribution in [3.63, 3.8) is 0 Å². The molecule has 2 aromatic rings. The van der Waals surface area contributed by atoms with Crippen molar-refractivity contribution in [1.29, 1.82) is 0 Å². The molecule has 0 radical (unpaired) electrons. The lowest BCUT2D eigenvalue weighted by Crippen LogP contribution is -2.52. The van der Waals surface area contributed by atoms with E-state index >= 15 is 0 Å². The Morgan fingerprint density at radius 2 is 1.69 bits per heavy atom. The highest BCUT2D eigenvalue weighted by Gasteiger charge is 2.38. The molecule has 0 saturated carbocycles. The third kappa shape index (κ3) is 3.83. The molecule has 0 bridgehead atoms. The molecule has 2 aromatic carbocycles. The summed E-state index contributed by atoms with van der Waals surface area (Å²) in [6, 6.07) is 16.3. The number of carbonyl (C=O) groups excluding carboxylic acids is 1. The topological polar surface area (TPSA) is 32.3 Å². The average Bonchev–Trinajstić information content (AvgIpc) is 3.17. The third-order valence-corrected chi connectivity index (χ3v) is 5.67. The zero-order chi connectivity index (χ0) is 18.7. The van der Waals surface area contributed by atoms with Crippen LogP contribution in [0.25, 0.3) is 0 Å². The predicted octanol–water partition coefficient (Wildman–Crippen LogP) is 4.65. The van der Waals surface area contributed by atoms with Crippen LogP contribution in [0.3, 0.4) is 0 Å². The van der Waals surface area contributed by atoms with E-state index in [-0.39, 0.29) is 17.5 Å². The van der Waals surface area contributed by atoms with Crippen molar-refractivity contribution in [2.75, 3.05) is 13.1 Å². The molecule has 0 spiro atoms. The lowest BCUT2D eigenvalue weighted by molar-refractivity contribution is 0.0778. The quantitative estimate of drug-likeness (QED) is 0.851. The van der Waals surface area contributed by atoms with E-state index in [9.17, 15) is 4.79 Å². The highest BCUT2D eigenvalue weighted by Crippen LogP contribution is 2.34. The van der Waals surface area contributed by atoms with Gasteiger partial charge in [0, 0.05) is 11.1 Å². The molecule has 0 aromatic heterocycles. The summed E-state index contributed by atoms with van der Waals surface area (Å²) in [6.45, 7) is 10.7. The number of nitrogens with zero attached hydrogens (tertiary/aromatic N) is 1. The first-order chi connectivity index (χ1) is 12.4. The number of rotatable bonds is 5. The van der Waals surface area contributed by atoms with Crippen LogP contribution in [0.1, 0.15) is 59.8 Å². The van der Waals surface area contributed by atoms with E-state index in [4.69, 9.17) is 0 Å². The number of carbonyl (C=O) groups is 1. The fourth-order valence-corrected chi connectivity index (χ4v) is 3.98. The molecule has 1 heterocycles. The Hall–Kier alpha value is -2.13. The summed E-state index contributed by atoms with van der Waals surface area (Å²) in [5.74, 6) is 0.00678. The van der Waals surface area contributed by atoms with E-state index in [1.54, 1.807) is 0 Å². The molecular formula is C23H30N2O. The summed E-state index contributed by atoms with van der Waals surface area (Å²) in [6.07, 6.45) is 2.46. The van der Waals surface area contributed by atoms with Gasteiger partial charge in [-0.1, -0.05) is 48.0 Å². The molecule has 1 N–H and O–H groups in total. The maximum atomic E-state index is 13.1. The summed E-state index contributed by atoms with van der Waals surface area (Å²) < 4.78 is 0. The zero-order valence-electron chi connectivity index (χ0n) is 16.4. The average molecular weight is 351 g/mol. The Labute approximate surface area is 157 Å². The maximum Gasteiger partial charge on any atom is 0.252 e. The van der Waals surface area contributed by atoms with E-state index < -0.39 is 0 Å². The summed E-state index contributed by atoms with van der Waals surface area (Å²) in [5, 5.41) is 3.35. The highest BCUT2D eigenvalue weighted by molar-refractivity contribution is 5.96. The van der Waals surface area contributed by atoms with Crippen molar-refractivity contribution in [2.45, 2.75) is 52.1 Å². The number of nitrogens with one attached hydrogen (secondary N) is 1. The van der Waals surface area contributed by atoms with Crippen LogP contribution in [0, 0.1) is 13.8 Å². The number of hydrogen-bond donors (Lipinski definition) is 1. The van der Waals surface area contributed by atoms with Crippen molar-refractivity contribution in [2.24, 2.45) is 0 Å². The molecule has 1 aliphatic heterocycles. The Balaban J connectivity index is 1.93. The first kappa shape index (κ1) is 18.7. The van der Waals surface area contributed by atoms with Crippen LogP contribution in [-0.4, -0.2) is 29.4 Å². The Morgan fingerprint density at radius 3 is 2.35 bits per heavy atom. The minimum absolute atomic E-state index is 0.00678. The molecule has 1 amide bonds. The van der Waals surface area contributed by atoms with Gasteiger partial charge >= 0.3 is 0 Å². The van der Waals surface area contributed by atoms with Gasteiger partial charge in [0.1, 0.15) is 0 Å². The van der Waals surface area contributed by atoms with E-state index in [2.05, 4.69) is 42.3 Å². The second-order valence-electron chi connectivity index (χ2n) is 7.98. The van der Waals surface area contributed by atoms with Crippen molar-refractivity contribution < 1.29 is 4.79 Å². The van der Waals surface area contributed by atoms with Crippen LogP contribution in [-0.2, 0) is 0 Å². The second-order valence-corrected chi connectivity index (χ2v) is 7.98. The third-order valence-electron chi connectivity index (χ3n) is 5.67. The van der Waals surface area contributed by atoms with Crippen molar-refractivity contribution in [1.82, 2.24) is 10.2 Å². The monoisotopic (exact) mass is 350 g/mol. The molecule has 1 aliphatic rings. The molecule has 1 fully saturated rings. The molecule has 1 saturated heterocycles. The van der Waals surface area contributed by atoms with Gasteiger partial charge in [-0.05, 0) is 70.8 Å². The Morgan fingerprint density at radius 1 is 1.04 bits per heavy atom. The van der Waals surface area contributed by atoms with Crippen LogP contribution in [0.2, 0.25) is 0 Å². The molecule has 0 aliphatic carbocycles. The lowest BCUT2D eigenvalue weighted by Gasteiger charge is -2.42. The molecular weight excluding hydrogens is 320 g/mol. The first-order valence-corrected chi connectivity index (χ1v) is 9.57. The van der Waals surface area contributed by atoms with Gasteiger partial charge in [0.05, 0.1) is 6.04 Å². The second kappa shape index (κ2) is 7.63. The summed E-state index contributed by atoms with van der Waals surface area (Å²) >= 11 is 0. The summed E-state index contributed by atoms with van der Waals surface area (Å²) in [4.78, 5) is 15.6. The number of likely N-dealkylation sites (tertiary alicyclic amines) is 1. The number of aryl methyl sites for hydroxylation is 2. The molecule has 1 atom stereocenters. The first-order valence-electron chi connectivity index (χ1n) is 9.57. The fourth-order valence-electron chi connectivity index (χ4n) is 3.98. The molecule has 138 valence electrons. The molecule has 26 heavy (non-hydrogen) atoms. The summed E-state index contributed by atoms with van der Waals surface area (Å²) in [5.41, 5.74) is 3.89. The Kier molecular flexibility index (Phi) is 5.47. The van der Waals surface area contributed by atoms with Crippen LogP contribution >= 0.6 is 0 Å². The van der Waals surface area contributed by atoms with Crippen LogP contribution < -0.4 is 5.32 Å². The van der Waals surface area contributed by atoms with Crippen molar-refractivity contribution >= 4 is 5.91 Å². The van der Waals surface area contributed by atoms with Crippen molar-refractivity contribution in [3.8, 4) is 0 Å². The smallest absolute Gasteiger partial charge is 0.252 e. The number of amides is 1. The van der Waals surface area contributed by atoms with E-state index in [0.717, 1.165) is 35.3 Å². The van der Waals surface area contributed by atoms with E-state index in [1.807, 2.05) is 44.2 Å². The SMILES string of the molecule is Cc1ccc(C)c(C(=O)NC(c2ccccc2)C(C)(C)N2CCCC2)c1. The summed E-state index contributed by atoms with van der Waals surface area (Å²) in [7, 11) is 0. The largest absolute Gasteiger partial charge is 0.343 e. The van der Waals surface area contributed by atoms with Crippen molar-refractivity contribution in [3.05, 3.63) is 70.8 Å². The molecule has 3 heteroatoms. The fraction of sp³-hybridized carbons (Fsp3) is 0.435. The van der Waals surface area contributed by atoms with Gasteiger partial charge in [0.25, 0.3) is 5.91 Å². The standard InChI is InChI=1S/C23H30N2O/c1-17-12-13-18(2)20(16-17)22(26)24-21(19-10-6-5-7-11-19)23(3,4)25-14-8-9-15-25/h5-7,10-13,16,21H,8-9,14-15H2,1-4H3,(H,24,26). The van der Waals surface area contributed by atoms with Gasteiger partial charge in [-0.3, -0.25) is 9.69 Å². The minimum atomic E-state index is -0.148. The van der Waals surface area contributed by atoms with E-state index in [1.165, 1.54) is 12.8 Å². The van der Waals surface area contributed by atoms with Gasteiger partial charge in [0.2, 0.25) is 0 Å². The molecule has 1 unspecified atom stereocenters. The van der Waals surface area contributed by atoms with Gasteiger partial charge in [-0.2, -0.15) is 0 Å². The zero-order valence-corrected chi connectivity index (χ0v) is 16.4. The number of benzene rings is 2. The molecule has 3 nitrogen and oxygen atoms in total. The number of hydrogen-bond acceptors (Lipinski definition) is 2. The Bertz CT molecular complexity index is 761. The van der Waals surface area contributed by atoms with Gasteiger partial charge in [-0.25, -0.2) is 0 Å². The van der Waals surface area contributed by atoms with Crippen LogP contribution in [0.5, 0.6) is 0 Å². The van der Waals surface area contributed by atoms with E-state index in [0.29, 0.717) is 0 Å². The van der Waals surface area contributed by atoms with Crippen LogP contribution in [0.15, 0.2) is 48.5 Å². The lowest BCUT2D eigenvalue weighted by atomic mass is 9.86. The predicted molar refractivity (Wildman–Crippen MR) is 107 cm³/mol. The van der Waals surface area contributed by atoms with Crippen LogP contribution in [0.4, 0.5) is 0 Å². The molecule has 3 rings (SSSR count). The highest BCUT2D eigenvalue weighted by atomic mass is 16.1. The minimum Gasteiger partial charge on any atom is -0.343 e. The normalized spacial score (nSPS) is 16.5.